The minimum Gasteiger partial charge on any atom is -0.504 e. The van der Waals surface area contributed by atoms with E-state index in [1.54, 1.807) is 0 Å². The van der Waals surface area contributed by atoms with E-state index < -0.39 is 10.0 Å². The van der Waals surface area contributed by atoms with Crippen molar-refractivity contribution in [3.63, 3.8) is 0 Å². The lowest BCUT2D eigenvalue weighted by Gasteiger charge is -2.08. The van der Waals surface area contributed by atoms with Crippen molar-refractivity contribution in [2.24, 2.45) is 0 Å². The van der Waals surface area contributed by atoms with Crippen LogP contribution in [-0.4, -0.2) is 13.5 Å². The Bertz CT molecular complexity index is 711. The van der Waals surface area contributed by atoms with Crippen molar-refractivity contribution < 1.29 is 13.5 Å². The number of nitrogens with one attached hydrogen (secondary N) is 1. The third-order valence-electron chi connectivity index (χ3n) is 2.12. The normalized spacial score (nSPS) is 11.5. The van der Waals surface area contributed by atoms with Gasteiger partial charge in [-0.15, -0.1) is 11.3 Å². The molecule has 1 heterocycles. The fraction of sp³-hybridized carbons (Fsp3) is 0. The lowest BCUT2D eigenvalue weighted by atomic mass is 10.3. The number of phenols is 1. The summed E-state index contributed by atoms with van der Waals surface area (Å²) >= 11 is 15.6. The zero-order valence-corrected chi connectivity index (χ0v) is 13.8. The van der Waals surface area contributed by atoms with Gasteiger partial charge in [-0.2, -0.15) is 0 Å². The predicted octanol–water partition coefficient (Wildman–Crippen LogP) is 4.32. The van der Waals surface area contributed by atoms with Gasteiger partial charge in [-0.05, 0) is 34.1 Å². The molecule has 1 aromatic carbocycles. The number of sulfonamides is 1. The van der Waals surface area contributed by atoms with E-state index in [0.717, 1.165) is 11.3 Å². The van der Waals surface area contributed by atoms with E-state index in [0.29, 0.717) is 8.81 Å². The maximum absolute atomic E-state index is 12.1. The molecule has 2 rings (SSSR count). The first-order chi connectivity index (χ1) is 8.81. The van der Waals surface area contributed by atoms with Crippen molar-refractivity contribution in [1.82, 2.24) is 0 Å². The lowest BCUT2D eigenvalue weighted by molar-refractivity contribution is 0.478. The average molecular weight is 403 g/mol. The van der Waals surface area contributed by atoms with Gasteiger partial charge >= 0.3 is 0 Å². The zero-order chi connectivity index (χ0) is 14.2. The molecule has 0 fully saturated rings. The number of phenolic OH excluding ortho intramolecular Hbond substituents is 1. The predicted molar refractivity (Wildman–Crippen MR) is 81.0 cm³/mol. The molecule has 0 amide bonds. The second kappa shape index (κ2) is 5.49. The van der Waals surface area contributed by atoms with E-state index >= 15 is 0 Å². The molecule has 0 bridgehead atoms. The summed E-state index contributed by atoms with van der Waals surface area (Å²) in [7, 11) is -3.82. The molecule has 0 spiro atoms. The largest absolute Gasteiger partial charge is 0.504 e. The number of benzene rings is 1. The third kappa shape index (κ3) is 3.17. The standard InChI is InChI=1S/C10H6BrCl2NO3S2/c11-10-6(13)4-8(18-10)19(16,17)14-7-3-1-2-5(12)9(7)15/h1-4,14-15H. The second-order valence-corrected chi connectivity index (χ2v) is 8.52. The number of hydrogen-bond acceptors (Lipinski definition) is 4. The molecule has 0 unspecified atom stereocenters. The van der Waals surface area contributed by atoms with Gasteiger partial charge in [0.1, 0.15) is 4.21 Å². The van der Waals surface area contributed by atoms with Gasteiger partial charge < -0.3 is 5.11 Å². The summed E-state index contributed by atoms with van der Waals surface area (Å²) in [5, 5.41) is 10.0. The van der Waals surface area contributed by atoms with Crippen LogP contribution in [0.4, 0.5) is 5.69 Å². The van der Waals surface area contributed by atoms with Crippen LogP contribution in [0.25, 0.3) is 0 Å². The fourth-order valence-electron chi connectivity index (χ4n) is 1.25. The zero-order valence-electron chi connectivity index (χ0n) is 9.02. The van der Waals surface area contributed by atoms with Crippen LogP contribution in [0.2, 0.25) is 10.0 Å². The minimum absolute atomic E-state index is 0.00754. The van der Waals surface area contributed by atoms with E-state index in [-0.39, 0.29) is 20.7 Å². The number of aromatic hydroxyl groups is 1. The van der Waals surface area contributed by atoms with Gasteiger partial charge in [0.05, 0.1) is 19.5 Å². The van der Waals surface area contributed by atoms with E-state index in [9.17, 15) is 13.5 Å². The molecule has 102 valence electrons. The number of para-hydroxylation sites is 1. The van der Waals surface area contributed by atoms with Gasteiger partial charge in [0.2, 0.25) is 0 Å². The van der Waals surface area contributed by atoms with Gasteiger partial charge in [0, 0.05) is 0 Å². The van der Waals surface area contributed by atoms with Crippen LogP contribution >= 0.6 is 50.5 Å². The van der Waals surface area contributed by atoms with E-state index in [1.807, 2.05) is 0 Å². The molecule has 0 saturated carbocycles. The molecule has 0 aliphatic rings. The van der Waals surface area contributed by atoms with Crippen molar-refractivity contribution in [3.05, 3.63) is 38.1 Å². The van der Waals surface area contributed by atoms with Crippen LogP contribution in [0.3, 0.4) is 0 Å². The summed E-state index contributed by atoms with van der Waals surface area (Å²) in [5.41, 5.74) is 0.00754. The number of hydrogen-bond donors (Lipinski definition) is 2. The van der Waals surface area contributed by atoms with Gasteiger partial charge in [-0.3, -0.25) is 4.72 Å². The molecule has 4 nitrogen and oxygen atoms in total. The van der Waals surface area contributed by atoms with Crippen molar-refractivity contribution in [2.75, 3.05) is 4.72 Å². The molecular formula is C10H6BrCl2NO3S2. The van der Waals surface area contributed by atoms with Crippen molar-refractivity contribution in [3.8, 4) is 5.75 Å². The molecule has 0 aliphatic carbocycles. The van der Waals surface area contributed by atoms with E-state index in [2.05, 4.69) is 20.7 Å². The van der Waals surface area contributed by atoms with Crippen LogP contribution in [0, 0.1) is 0 Å². The van der Waals surface area contributed by atoms with E-state index in [1.165, 1.54) is 24.3 Å². The molecule has 19 heavy (non-hydrogen) atoms. The highest BCUT2D eigenvalue weighted by Gasteiger charge is 2.20. The van der Waals surface area contributed by atoms with Crippen molar-refractivity contribution in [1.29, 1.82) is 0 Å². The quantitative estimate of drug-likeness (QED) is 0.751. The molecule has 0 radical (unpaired) electrons. The summed E-state index contributed by atoms with van der Waals surface area (Å²) in [5.74, 6) is -0.325. The van der Waals surface area contributed by atoms with Gasteiger partial charge in [0.15, 0.2) is 5.75 Å². The van der Waals surface area contributed by atoms with Crippen LogP contribution in [0.5, 0.6) is 5.75 Å². The highest BCUT2D eigenvalue weighted by molar-refractivity contribution is 9.11. The highest BCUT2D eigenvalue weighted by Crippen LogP contribution is 2.37. The van der Waals surface area contributed by atoms with Crippen LogP contribution < -0.4 is 4.72 Å². The summed E-state index contributed by atoms with van der Waals surface area (Å²) in [6.07, 6.45) is 0. The smallest absolute Gasteiger partial charge is 0.271 e. The topological polar surface area (TPSA) is 66.4 Å². The Morgan fingerprint density at radius 2 is 1.95 bits per heavy atom. The number of rotatable bonds is 3. The van der Waals surface area contributed by atoms with Crippen molar-refractivity contribution in [2.45, 2.75) is 4.21 Å². The number of halogens is 3. The SMILES string of the molecule is O=S(=O)(Nc1cccc(Cl)c1O)c1cc(Cl)c(Br)s1. The number of anilines is 1. The Kier molecular flexibility index (Phi) is 4.32. The van der Waals surface area contributed by atoms with Crippen LogP contribution in [0.1, 0.15) is 0 Å². The van der Waals surface area contributed by atoms with Gasteiger partial charge in [-0.1, -0.05) is 29.3 Å². The monoisotopic (exact) mass is 401 g/mol. The molecule has 0 aliphatic heterocycles. The maximum Gasteiger partial charge on any atom is 0.271 e. The Morgan fingerprint density at radius 3 is 2.53 bits per heavy atom. The van der Waals surface area contributed by atoms with E-state index in [4.69, 9.17) is 23.2 Å². The first kappa shape index (κ1) is 14.9. The molecule has 0 atom stereocenters. The summed E-state index contributed by atoms with van der Waals surface area (Å²) < 4.78 is 27.0. The van der Waals surface area contributed by atoms with Crippen molar-refractivity contribution >= 4 is 66.2 Å². The summed E-state index contributed by atoms with van der Waals surface area (Å²) in [6, 6.07) is 5.70. The highest BCUT2D eigenvalue weighted by atomic mass is 79.9. The average Bonchev–Trinajstić information content (AvgIpc) is 2.66. The third-order valence-corrected chi connectivity index (χ3v) is 6.74. The summed E-state index contributed by atoms with van der Waals surface area (Å²) in [4.78, 5) is 0. The van der Waals surface area contributed by atoms with Gasteiger partial charge in [-0.25, -0.2) is 8.42 Å². The first-order valence-electron chi connectivity index (χ1n) is 4.76. The summed E-state index contributed by atoms with van der Waals surface area (Å²) in [6.45, 7) is 0. The Balaban J connectivity index is 2.39. The molecule has 2 N–H and O–H groups in total. The fourth-order valence-corrected chi connectivity index (χ4v) is 4.89. The Labute approximate surface area is 132 Å². The second-order valence-electron chi connectivity index (χ2n) is 3.43. The Hall–Kier alpha value is -0.470. The molecular weight excluding hydrogens is 397 g/mol. The van der Waals surface area contributed by atoms with Gasteiger partial charge in [0.25, 0.3) is 10.0 Å². The maximum atomic E-state index is 12.1. The lowest BCUT2D eigenvalue weighted by Crippen LogP contribution is -2.11. The van der Waals surface area contributed by atoms with Crippen LogP contribution in [0.15, 0.2) is 32.3 Å². The molecule has 2 aromatic rings. The molecule has 1 aromatic heterocycles. The van der Waals surface area contributed by atoms with Crippen LogP contribution in [-0.2, 0) is 10.0 Å². The Morgan fingerprint density at radius 1 is 1.26 bits per heavy atom. The number of thiophene rings is 1. The first-order valence-corrected chi connectivity index (χ1v) is 8.61. The minimum atomic E-state index is -3.82. The molecule has 9 heteroatoms. The molecule has 0 saturated heterocycles.